The van der Waals surface area contributed by atoms with Crippen molar-refractivity contribution in [1.29, 1.82) is 0 Å². The molecule has 0 spiro atoms. The van der Waals surface area contributed by atoms with Crippen molar-refractivity contribution in [2.45, 2.75) is 19.5 Å². The third kappa shape index (κ3) is 2.60. The summed E-state index contributed by atoms with van der Waals surface area (Å²) in [5.74, 6) is 0.467. The number of carbonyl (C=O) groups is 1. The monoisotopic (exact) mass is 372 g/mol. The highest BCUT2D eigenvalue weighted by molar-refractivity contribution is 5.95. The van der Waals surface area contributed by atoms with Gasteiger partial charge in [-0.2, -0.15) is 0 Å². The van der Waals surface area contributed by atoms with Gasteiger partial charge in [0, 0.05) is 18.9 Å². The number of rotatable bonds is 3. The molecule has 4 heterocycles. The largest absolute Gasteiger partial charge is 0.446 e. The van der Waals surface area contributed by atoms with Gasteiger partial charge in [-0.05, 0) is 41.3 Å². The summed E-state index contributed by atoms with van der Waals surface area (Å²) in [6.45, 7) is 2.21. The van der Waals surface area contributed by atoms with Gasteiger partial charge in [0.25, 0.3) is 5.91 Å². The van der Waals surface area contributed by atoms with E-state index in [2.05, 4.69) is 21.2 Å². The van der Waals surface area contributed by atoms with Gasteiger partial charge in [0.05, 0.1) is 11.9 Å². The second-order valence-corrected chi connectivity index (χ2v) is 6.71. The van der Waals surface area contributed by atoms with Gasteiger partial charge in [-0.3, -0.25) is 9.78 Å². The molecule has 1 amide bonds. The van der Waals surface area contributed by atoms with Gasteiger partial charge in [0.15, 0.2) is 12.2 Å². The summed E-state index contributed by atoms with van der Waals surface area (Å²) in [5, 5.41) is 3.83. The number of carbonyl (C=O) groups excluding carboxylic acids is 1. The fraction of sp³-hybridized carbons (Fsp3) is 0.143. The number of benzene rings is 1. The number of aromatic nitrogens is 3. The van der Waals surface area contributed by atoms with Gasteiger partial charge < -0.3 is 13.8 Å². The SMILES string of the molecule is Cc1nocc1C(=O)N1Cc2cc(-c3cccnc3)ccc2C1c1cnco1. The molecular formula is C21H16N4O3. The molecule has 0 saturated heterocycles. The lowest BCUT2D eigenvalue weighted by atomic mass is 9.98. The average molecular weight is 372 g/mol. The number of nitrogens with zero attached hydrogens (tertiary/aromatic N) is 4. The van der Waals surface area contributed by atoms with Gasteiger partial charge in [-0.25, -0.2) is 4.98 Å². The average Bonchev–Trinajstić information content (AvgIpc) is 3.46. The standard InChI is InChI=1S/C21H16N4O3/c1-13-18(11-28-24-13)21(26)25-10-16-7-14(15-3-2-6-22-8-15)4-5-17(16)20(25)19-9-23-12-27-19/h2-9,11-12,20H,10H2,1H3. The molecule has 1 atom stereocenters. The lowest BCUT2D eigenvalue weighted by Gasteiger charge is -2.23. The highest BCUT2D eigenvalue weighted by Crippen LogP contribution is 2.41. The van der Waals surface area contributed by atoms with Crippen LogP contribution in [0.15, 0.2) is 70.5 Å². The Bertz CT molecular complexity index is 1140. The fourth-order valence-electron chi connectivity index (χ4n) is 3.67. The Hall–Kier alpha value is -3.74. The van der Waals surface area contributed by atoms with Crippen LogP contribution in [0.2, 0.25) is 0 Å². The van der Waals surface area contributed by atoms with E-state index in [1.807, 2.05) is 30.5 Å². The van der Waals surface area contributed by atoms with Crippen LogP contribution in [0.25, 0.3) is 11.1 Å². The third-order valence-electron chi connectivity index (χ3n) is 5.05. The smallest absolute Gasteiger partial charge is 0.260 e. The first-order valence-corrected chi connectivity index (χ1v) is 8.86. The van der Waals surface area contributed by atoms with Crippen LogP contribution in [-0.2, 0) is 6.54 Å². The molecule has 0 radical (unpaired) electrons. The van der Waals surface area contributed by atoms with Gasteiger partial charge in [-0.15, -0.1) is 0 Å². The molecule has 1 aliphatic rings. The Morgan fingerprint density at radius 3 is 2.82 bits per heavy atom. The van der Waals surface area contributed by atoms with E-state index in [1.54, 1.807) is 24.2 Å². The molecule has 1 aromatic carbocycles. The molecule has 0 aliphatic carbocycles. The van der Waals surface area contributed by atoms with E-state index in [9.17, 15) is 4.79 Å². The molecule has 0 fully saturated rings. The zero-order valence-corrected chi connectivity index (χ0v) is 15.1. The van der Waals surface area contributed by atoms with E-state index in [0.717, 1.165) is 22.3 Å². The summed E-state index contributed by atoms with van der Waals surface area (Å²) in [7, 11) is 0. The van der Waals surface area contributed by atoms with E-state index in [0.29, 0.717) is 23.6 Å². The Labute approximate surface area is 160 Å². The predicted molar refractivity (Wildman–Crippen MR) is 99.1 cm³/mol. The van der Waals surface area contributed by atoms with Gasteiger partial charge in [0.1, 0.15) is 17.9 Å². The summed E-state index contributed by atoms with van der Waals surface area (Å²) in [6, 6.07) is 9.76. The second-order valence-electron chi connectivity index (χ2n) is 6.71. The van der Waals surface area contributed by atoms with Crippen LogP contribution in [0.3, 0.4) is 0 Å². The van der Waals surface area contributed by atoms with Gasteiger partial charge >= 0.3 is 0 Å². The summed E-state index contributed by atoms with van der Waals surface area (Å²) < 4.78 is 10.5. The van der Waals surface area contributed by atoms with E-state index in [4.69, 9.17) is 8.94 Å². The van der Waals surface area contributed by atoms with Crippen molar-refractivity contribution in [3.05, 3.63) is 89.7 Å². The lowest BCUT2D eigenvalue weighted by Crippen LogP contribution is -2.30. The zero-order valence-electron chi connectivity index (χ0n) is 15.1. The summed E-state index contributed by atoms with van der Waals surface area (Å²) >= 11 is 0. The lowest BCUT2D eigenvalue weighted by molar-refractivity contribution is 0.0702. The van der Waals surface area contributed by atoms with E-state index < -0.39 is 0 Å². The number of hydrogen-bond acceptors (Lipinski definition) is 6. The van der Waals surface area contributed by atoms with Gasteiger partial charge in [-0.1, -0.05) is 23.4 Å². The number of aryl methyl sites for hydroxylation is 1. The maximum absolute atomic E-state index is 13.2. The first kappa shape index (κ1) is 16.4. The van der Waals surface area contributed by atoms with Crippen molar-refractivity contribution >= 4 is 5.91 Å². The van der Waals surface area contributed by atoms with Crippen molar-refractivity contribution in [2.24, 2.45) is 0 Å². The predicted octanol–water partition coefficient (Wildman–Crippen LogP) is 3.78. The van der Waals surface area contributed by atoms with Crippen LogP contribution in [0.1, 0.15) is 39.0 Å². The second kappa shape index (κ2) is 6.45. The maximum atomic E-state index is 13.2. The Balaban J connectivity index is 1.59. The highest BCUT2D eigenvalue weighted by Gasteiger charge is 2.38. The quantitative estimate of drug-likeness (QED) is 0.544. The number of hydrogen-bond donors (Lipinski definition) is 0. The fourth-order valence-corrected chi connectivity index (χ4v) is 3.67. The van der Waals surface area contributed by atoms with Crippen molar-refractivity contribution in [3.63, 3.8) is 0 Å². The number of pyridine rings is 1. The maximum Gasteiger partial charge on any atom is 0.260 e. The minimum atomic E-state index is -0.345. The molecular weight excluding hydrogens is 356 g/mol. The first-order valence-electron chi connectivity index (χ1n) is 8.86. The number of oxazole rings is 1. The Morgan fingerprint density at radius 1 is 1.18 bits per heavy atom. The van der Waals surface area contributed by atoms with Crippen molar-refractivity contribution in [1.82, 2.24) is 20.0 Å². The topological polar surface area (TPSA) is 85.3 Å². The van der Waals surface area contributed by atoms with Crippen LogP contribution in [0.4, 0.5) is 0 Å². The van der Waals surface area contributed by atoms with Gasteiger partial charge in [0.2, 0.25) is 0 Å². The Kier molecular flexibility index (Phi) is 3.79. The number of amides is 1. The zero-order chi connectivity index (χ0) is 19.1. The minimum Gasteiger partial charge on any atom is -0.446 e. The highest BCUT2D eigenvalue weighted by atomic mass is 16.5. The summed E-state index contributed by atoms with van der Waals surface area (Å²) in [6.07, 6.45) is 7.99. The molecule has 3 aromatic heterocycles. The molecule has 0 N–H and O–H groups in total. The molecule has 1 unspecified atom stereocenters. The van der Waals surface area contributed by atoms with Crippen LogP contribution in [0, 0.1) is 6.92 Å². The van der Waals surface area contributed by atoms with Crippen molar-refractivity contribution in [2.75, 3.05) is 0 Å². The summed E-state index contributed by atoms with van der Waals surface area (Å²) in [5.41, 5.74) is 5.18. The van der Waals surface area contributed by atoms with Crippen LogP contribution >= 0.6 is 0 Å². The molecule has 138 valence electrons. The van der Waals surface area contributed by atoms with E-state index in [-0.39, 0.29) is 11.9 Å². The normalized spacial score (nSPS) is 15.6. The molecule has 28 heavy (non-hydrogen) atoms. The van der Waals surface area contributed by atoms with Crippen molar-refractivity contribution in [3.8, 4) is 11.1 Å². The molecule has 0 bridgehead atoms. The molecule has 5 rings (SSSR count). The van der Waals surface area contributed by atoms with Crippen LogP contribution in [0.5, 0.6) is 0 Å². The van der Waals surface area contributed by atoms with Crippen LogP contribution < -0.4 is 0 Å². The molecule has 7 heteroatoms. The van der Waals surface area contributed by atoms with Crippen molar-refractivity contribution < 1.29 is 13.7 Å². The minimum absolute atomic E-state index is 0.153. The first-order chi connectivity index (χ1) is 13.7. The Morgan fingerprint density at radius 2 is 2.11 bits per heavy atom. The van der Waals surface area contributed by atoms with Crippen LogP contribution in [-0.4, -0.2) is 25.9 Å². The van der Waals surface area contributed by atoms with E-state index >= 15 is 0 Å². The molecule has 4 aromatic rings. The number of fused-ring (bicyclic) bond motifs is 1. The molecule has 1 aliphatic heterocycles. The summed E-state index contributed by atoms with van der Waals surface area (Å²) in [4.78, 5) is 23.2. The molecule has 0 saturated carbocycles. The third-order valence-corrected chi connectivity index (χ3v) is 5.05. The molecule has 7 nitrogen and oxygen atoms in total. The van der Waals surface area contributed by atoms with E-state index in [1.165, 1.54) is 12.7 Å².